The van der Waals surface area contributed by atoms with Crippen LogP contribution in [0.5, 0.6) is 0 Å². The zero-order chi connectivity index (χ0) is 11.7. The molecule has 0 saturated carbocycles. The largest absolute Gasteiger partial charge is 0.114 e. The molecule has 0 spiro atoms. The van der Waals surface area contributed by atoms with Gasteiger partial charge in [-0.3, -0.25) is 0 Å². The monoisotopic (exact) mass is 230 g/mol. The summed E-state index contributed by atoms with van der Waals surface area (Å²) in [6.07, 6.45) is 4.32. The van der Waals surface area contributed by atoms with Crippen LogP contribution in [0.25, 0.3) is 0 Å². The fourth-order valence-electron chi connectivity index (χ4n) is 2.60. The maximum absolute atomic E-state index is 6.14. The molecule has 1 aliphatic rings. The molecule has 0 N–H and O–H groups in total. The summed E-state index contributed by atoms with van der Waals surface area (Å²) < 4.78 is 0. The van der Waals surface area contributed by atoms with E-state index in [2.05, 4.69) is 32.1 Å². The van der Waals surface area contributed by atoms with E-state index < -0.39 is 0 Å². The van der Waals surface area contributed by atoms with Crippen molar-refractivity contribution in [1.29, 1.82) is 0 Å². The van der Waals surface area contributed by atoms with Gasteiger partial charge in [0, 0.05) is 10.9 Å². The second-order valence-electron chi connectivity index (χ2n) is 4.42. The van der Waals surface area contributed by atoms with Crippen molar-refractivity contribution in [3.8, 4) is 0 Å². The van der Waals surface area contributed by atoms with Gasteiger partial charge in [0.2, 0.25) is 0 Å². The Hall–Kier alpha value is -0.685. The van der Waals surface area contributed by atoms with Crippen molar-refractivity contribution < 1.29 is 0 Å². The average Bonchev–Trinajstić information content (AvgIpc) is 2.28. The van der Waals surface area contributed by atoms with E-state index in [1.54, 1.807) is 0 Å². The van der Waals surface area contributed by atoms with E-state index in [0.717, 1.165) is 23.3 Å². The van der Waals surface area contributed by atoms with Gasteiger partial charge >= 0.3 is 0 Å². The molecule has 0 amide bonds. The topological polar surface area (TPSA) is 0 Å². The van der Waals surface area contributed by atoms with Crippen molar-refractivity contribution >= 4 is 19.4 Å². The summed E-state index contributed by atoms with van der Waals surface area (Å²) in [5, 5.41) is 0.820. The molecule has 2 radical (unpaired) electrons. The molecule has 1 aliphatic carbocycles. The highest BCUT2D eigenvalue weighted by Gasteiger charge is 2.24. The van der Waals surface area contributed by atoms with Gasteiger partial charge in [0.1, 0.15) is 7.85 Å². The minimum absolute atomic E-state index is 0.370. The van der Waals surface area contributed by atoms with E-state index >= 15 is 0 Å². The zero-order valence-corrected chi connectivity index (χ0v) is 10.6. The highest BCUT2D eigenvalue weighted by Crippen LogP contribution is 2.41. The van der Waals surface area contributed by atoms with Gasteiger partial charge in [-0.15, -0.1) is 5.47 Å². The Kier molecular flexibility index (Phi) is 3.44. The Bertz CT molecular complexity index is 423. The second kappa shape index (κ2) is 4.67. The lowest BCUT2D eigenvalue weighted by molar-refractivity contribution is 0.699. The molecule has 1 aromatic carbocycles. The third-order valence-electron chi connectivity index (χ3n) is 3.47. The lowest BCUT2D eigenvalue weighted by Gasteiger charge is -2.30. The molecule has 0 bridgehead atoms. The van der Waals surface area contributed by atoms with E-state index in [4.69, 9.17) is 19.4 Å². The van der Waals surface area contributed by atoms with Crippen molar-refractivity contribution in [2.24, 2.45) is 0 Å². The number of benzene rings is 1. The molecule has 0 nitrogen and oxygen atoms in total. The van der Waals surface area contributed by atoms with Crippen LogP contribution in [0.4, 0.5) is 0 Å². The second-order valence-corrected chi connectivity index (χ2v) is 4.85. The first-order valence-corrected chi connectivity index (χ1v) is 6.31. The molecule has 2 rings (SSSR count). The van der Waals surface area contributed by atoms with Crippen LogP contribution in [0.15, 0.2) is 29.7 Å². The molecule has 16 heavy (non-hydrogen) atoms. The predicted octanol–water partition coefficient (Wildman–Crippen LogP) is 4.39. The van der Waals surface area contributed by atoms with Crippen LogP contribution in [0, 0.1) is 0 Å². The summed E-state index contributed by atoms with van der Waals surface area (Å²) in [5.41, 5.74) is 3.74. The van der Waals surface area contributed by atoms with Crippen LogP contribution >= 0.6 is 11.6 Å². The Morgan fingerprint density at radius 2 is 1.94 bits per heavy atom. The number of rotatable bonds is 2. The van der Waals surface area contributed by atoms with Crippen LogP contribution in [0.2, 0.25) is 5.02 Å². The van der Waals surface area contributed by atoms with E-state index in [0.29, 0.717) is 11.8 Å². The Balaban J connectivity index is 2.54. The van der Waals surface area contributed by atoms with Gasteiger partial charge in [-0.05, 0) is 42.0 Å². The number of allylic oxidation sites excluding steroid dienone is 2. The number of fused-ring (bicyclic) bond motifs is 1. The van der Waals surface area contributed by atoms with Crippen LogP contribution in [-0.4, -0.2) is 7.85 Å². The maximum atomic E-state index is 6.14. The van der Waals surface area contributed by atoms with Crippen LogP contribution in [0.1, 0.15) is 49.7 Å². The molecule has 2 heteroatoms. The molecule has 0 aliphatic heterocycles. The number of hydrogen-bond acceptors (Lipinski definition) is 0. The maximum Gasteiger partial charge on any atom is 0.108 e. The highest BCUT2D eigenvalue weighted by atomic mass is 35.5. The molecule has 0 heterocycles. The molecule has 0 fully saturated rings. The number of halogens is 1. The normalized spacial score (nSPS) is 23.8. The van der Waals surface area contributed by atoms with E-state index in [1.165, 1.54) is 11.1 Å². The fraction of sp³-hybridized carbons (Fsp3) is 0.429. The lowest BCUT2D eigenvalue weighted by atomic mass is 9.69. The summed E-state index contributed by atoms with van der Waals surface area (Å²) >= 11 is 6.07. The van der Waals surface area contributed by atoms with Gasteiger partial charge in [-0.25, -0.2) is 0 Å². The van der Waals surface area contributed by atoms with E-state index in [-0.39, 0.29) is 0 Å². The van der Waals surface area contributed by atoms with Gasteiger partial charge in [-0.1, -0.05) is 37.6 Å². The van der Waals surface area contributed by atoms with Gasteiger partial charge < -0.3 is 0 Å². The summed E-state index contributed by atoms with van der Waals surface area (Å²) in [6.45, 7) is 4.36. The highest BCUT2D eigenvalue weighted by molar-refractivity contribution is 6.30. The van der Waals surface area contributed by atoms with Crippen LogP contribution in [-0.2, 0) is 0 Å². The standard InChI is InChI=1S/C14H16BCl/c1-3-9-7-14(15)11(4-2)12-6-5-10(16)8-13(9)12/h5-9,11H,3-4H2,1-2H3. The fourth-order valence-corrected chi connectivity index (χ4v) is 2.78. The smallest absolute Gasteiger partial charge is 0.108 e. The molecule has 1 aromatic rings. The average molecular weight is 231 g/mol. The third-order valence-corrected chi connectivity index (χ3v) is 3.70. The molecule has 2 atom stereocenters. The molecule has 82 valence electrons. The van der Waals surface area contributed by atoms with Gasteiger partial charge in [0.05, 0.1) is 0 Å². The van der Waals surface area contributed by atoms with E-state index in [1.807, 2.05) is 6.07 Å². The Labute approximate surface area is 104 Å². The van der Waals surface area contributed by atoms with Crippen molar-refractivity contribution in [2.75, 3.05) is 0 Å². The van der Waals surface area contributed by atoms with Gasteiger partial charge in [0.25, 0.3) is 0 Å². The quantitative estimate of drug-likeness (QED) is 0.661. The van der Waals surface area contributed by atoms with Crippen LogP contribution < -0.4 is 0 Å². The molecule has 0 aromatic heterocycles. The van der Waals surface area contributed by atoms with Crippen molar-refractivity contribution in [3.05, 3.63) is 45.9 Å². The van der Waals surface area contributed by atoms with Crippen molar-refractivity contribution in [2.45, 2.75) is 38.5 Å². The summed E-state index contributed by atoms with van der Waals surface area (Å²) in [7, 11) is 6.14. The zero-order valence-electron chi connectivity index (χ0n) is 9.83. The Morgan fingerprint density at radius 3 is 2.56 bits per heavy atom. The minimum Gasteiger partial charge on any atom is -0.114 e. The third kappa shape index (κ3) is 1.93. The van der Waals surface area contributed by atoms with Crippen molar-refractivity contribution in [1.82, 2.24) is 0 Å². The minimum atomic E-state index is 0.370. The summed E-state index contributed by atoms with van der Waals surface area (Å²) in [6, 6.07) is 6.19. The first-order valence-electron chi connectivity index (χ1n) is 5.93. The summed E-state index contributed by atoms with van der Waals surface area (Å²) in [5.74, 6) is 0.798. The number of hydrogen-bond donors (Lipinski definition) is 0. The molecular weight excluding hydrogens is 214 g/mol. The molecule has 2 unspecified atom stereocenters. The van der Waals surface area contributed by atoms with Crippen LogP contribution in [0.3, 0.4) is 0 Å². The first-order chi connectivity index (χ1) is 7.67. The summed E-state index contributed by atoms with van der Waals surface area (Å²) in [4.78, 5) is 0. The predicted molar refractivity (Wildman–Crippen MR) is 71.4 cm³/mol. The Morgan fingerprint density at radius 1 is 1.19 bits per heavy atom. The van der Waals surface area contributed by atoms with Crippen molar-refractivity contribution in [3.63, 3.8) is 0 Å². The first kappa shape index (κ1) is 11.8. The van der Waals surface area contributed by atoms with E-state index in [9.17, 15) is 0 Å². The SMILES string of the molecule is [B]C1=CC(CC)c2cc(Cl)ccc2C1CC. The van der Waals surface area contributed by atoms with Gasteiger partial charge in [0.15, 0.2) is 0 Å². The molecular formula is C14H16BCl. The lowest BCUT2D eigenvalue weighted by Crippen LogP contribution is -2.14. The van der Waals surface area contributed by atoms with Gasteiger partial charge in [-0.2, -0.15) is 0 Å². The molecule has 0 saturated heterocycles.